The molecule has 2 aromatic heterocycles. The van der Waals surface area contributed by atoms with Crippen molar-refractivity contribution in [3.05, 3.63) is 40.6 Å². The van der Waals surface area contributed by atoms with E-state index in [0.717, 1.165) is 12.3 Å². The standard InChI is InChI=1S/C13H12F3N3S/c1-7(2)12-18-10(5-11(20)19-12)8-6-17-4-3-9(8)13(14,15)16/h3-7H,1-2H3,(H,18,19,20). The maximum atomic E-state index is 13.0. The van der Waals surface area contributed by atoms with Gasteiger partial charge in [0.25, 0.3) is 0 Å². The van der Waals surface area contributed by atoms with Crippen molar-refractivity contribution in [1.29, 1.82) is 0 Å². The maximum Gasteiger partial charge on any atom is 0.417 e. The van der Waals surface area contributed by atoms with E-state index in [4.69, 9.17) is 12.2 Å². The number of H-pyrrole nitrogens is 1. The van der Waals surface area contributed by atoms with E-state index >= 15 is 0 Å². The highest BCUT2D eigenvalue weighted by molar-refractivity contribution is 7.71. The molecule has 20 heavy (non-hydrogen) atoms. The molecule has 0 bridgehead atoms. The smallest absolute Gasteiger partial charge is 0.343 e. The lowest BCUT2D eigenvalue weighted by atomic mass is 10.1. The molecule has 2 heterocycles. The van der Waals surface area contributed by atoms with E-state index in [0.29, 0.717) is 5.82 Å². The highest BCUT2D eigenvalue weighted by Gasteiger charge is 2.33. The van der Waals surface area contributed by atoms with Gasteiger partial charge in [0.1, 0.15) is 10.5 Å². The number of halogens is 3. The van der Waals surface area contributed by atoms with Crippen molar-refractivity contribution >= 4 is 12.2 Å². The van der Waals surface area contributed by atoms with E-state index < -0.39 is 11.7 Å². The Morgan fingerprint density at radius 2 is 2.00 bits per heavy atom. The van der Waals surface area contributed by atoms with Gasteiger partial charge in [-0.1, -0.05) is 26.1 Å². The van der Waals surface area contributed by atoms with Crippen LogP contribution in [0.4, 0.5) is 13.2 Å². The van der Waals surface area contributed by atoms with Crippen LogP contribution >= 0.6 is 12.2 Å². The third kappa shape index (κ3) is 3.04. The van der Waals surface area contributed by atoms with E-state index in [-0.39, 0.29) is 21.8 Å². The number of aromatic amines is 1. The molecule has 2 rings (SSSR count). The van der Waals surface area contributed by atoms with Gasteiger partial charge in [-0.25, -0.2) is 4.98 Å². The first kappa shape index (κ1) is 14.6. The fourth-order valence-electron chi connectivity index (χ4n) is 1.75. The molecule has 0 radical (unpaired) electrons. The third-order valence-electron chi connectivity index (χ3n) is 2.72. The van der Waals surface area contributed by atoms with Crippen LogP contribution in [0.25, 0.3) is 11.3 Å². The molecule has 0 aliphatic heterocycles. The van der Waals surface area contributed by atoms with E-state index in [1.165, 1.54) is 12.3 Å². The average molecular weight is 299 g/mol. The van der Waals surface area contributed by atoms with Crippen molar-refractivity contribution in [1.82, 2.24) is 15.0 Å². The molecule has 2 aromatic rings. The van der Waals surface area contributed by atoms with Gasteiger partial charge in [0.2, 0.25) is 0 Å². The van der Waals surface area contributed by atoms with Gasteiger partial charge in [0.15, 0.2) is 0 Å². The van der Waals surface area contributed by atoms with E-state index in [1.54, 1.807) is 0 Å². The molecule has 3 nitrogen and oxygen atoms in total. The molecule has 0 saturated carbocycles. The van der Waals surface area contributed by atoms with E-state index in [9.17, 15) is 13.2 Å². The molecule has 1 N–H and O–H groups in total. The quantitative estimate of drug-likeness (QED) is 0.839. The summed E-state index contributed by atoms with van der Waals surface area (Å²) in [5.41, 5.74) is -0.511. The van der Waals surface area contributed by atoms with Crippen molar-refractivity contribution in [3.63, 3.8) is 0 Å². The number of nitrogens with one attached hydrogen (secondary N) is 1. The van der Waals surface area contributed by atoms with Gasteiger partial charge in [0.05, 0.1) is 11.3 Å². The number of nitrogens with zero attached hydrogens (tertiary/aromatic N) is 2. The molecule has 0 unspecified atom stereocenters. The van der Waals surface area contributed by atoms with Gasteiger partial charge in [-0.2, -0.15) is 13.2 Å². The van der Waals surface area contributed by atoms with Crippen molar-refractivity contribution in [2.75, 3.05) is 0 Å². The SMILES string of the molecule is CC(C)c1nc(=S)cc(-c2cnccc2C(F)(F)F)[nH]1. The zero-order chi connectivity index (χ0) is 14.9. The predicted octanol–water partition coefficient (Wildman–Crippen LogP) is 4.34. The fraction of sp³-hybridized carbons (Fsp3) is 0.308. The van der Waals surface area contributed by atoms with Crippen LogP contribution in [0.3, 0.4) is 0 Å². The van der Waals surface area contributed by atoms with Crippen molar-refractivity contribution in [3.8, 4) is 11.3 Å². The Balaban J connectivity index is 2.66. The summed E-state index contributed by atoms with van der Waals surface area (Å²) in [6, 6.07) is 2.36. The molecule has 0 spiro atoms. The average Bonchev–Trinajstić information content (AvgIpc) is 2.37. The molecular weight excluding hydrogens is 287 g/mol. The summed E-state index contributed by atoms with van der Waals surface area (Å²) in [7, 11) is 0. The van der Waals surface area contributed by atoms with Gasteiger partial charge in [-0.3, -0.25) is 4.98 Å². The molecule has 106 valence electrons. The van der Waals surface area contributed by atoms with Gasteiger partial charge in [-0.15, -0.1) is 0 Å². The maximum absolute atomic E-state index is 13.0. The summed E-state index contributed by atoms with van der Waals surface area (Å²) < 4.78 is 39.3. The van der Waals surface area contributed by atoms with Gasteiger partial charge in [-0.05, 0) is 12.1 Å². The van der Waals surface area contributed by atoms with Crippen LogP contribution < -0.4 is 0 Å². The topological polar surface area (TPSA) is 41.6 Å². The highest BCUT2D eigenvalue weighted by atomic mass is 32.1. The second kappa shape index (κ2) is 5.32. The lowest BCUT2D eigenvalue weighted by molar-refractivity contribution is -0.137. The third-order valence-corrected chi connectivity index (χ3v) is 2.93. The molecule has 0 aliphatic carbocycles. The number of alkyl halides is 3. The molecule has 0 saturated heterocycles. The number of rotatable bonds is 2. The normalized spacial score (nSPS) is 11.9. The summed E-state index contributed by atoms with van der Waals surface area (Å²) in [6.45, 7) is 3.76. The Kier molecular flexibility index (Phi) is 3.89. The molecule has 7 heteroatoms. The van der Waals surface area contributed by atoms with Crippen LogP contribution in [-0.2, 0) is 6.18 Å². The molecule has 0 amide bonds. The molecule has 0 atom stereocenters. The first-order valence-electron chi connectivity index (χ1n) is 5.92. The van der Waals surface area contributed by atoms with Crippen LogP contribution in [-0.4, -0.2) is 15.0 Å². The van der Waals surface area contributed by atoms with Gasteiger partial charge >= 0.3 is 6.18 Å². The second-order valence-electron chi connectivity index (χ2n) is 4.59. The van der Waals surface area contributed by atoms with Crippen LogP contribution in [0, 0.1) is 4.64 Å². The fourth-order valence-corrected chi connectivity index (χ4v) is 1.97. The van der Waals surface area contributed by atoms with E-state index in [2.05, 4.69) is 15.0 Å². The lowest BCUT2D eigenvalue weighted by Crippen LogP contribution is -2.09. The Labute approximate surface area is 118 Å². The minimum absolute atomic E-state index is 0.0302. The van der Waals surface area contributed by atoms with Gasteiger partial charge in [0, 0.05) is 23.9 Å². The number of pyridine rings is 1. The molecule has 0 fully saturated rings. The Morgan fingerprint density at radius 1 is 1.30 bits per heavy atom. The Morgan fingerprint density at radius 3 is 2.60 bits per heavy atom. The summed E-state index contributed by atoms with van der Waals surface area (Å²) in [5, 5.41) is 0. The van der Waals surface area contributed by atoms with Crippen molar-refractivity contribution in [2.24, 2.45) is 0 Å². The minimum Gasteiger partial charge on any atom is -0.343 e. The van der Waals surface area contributed by atoms with Crippen LogP contribution in [0.1, 0.15) is 31.2 Å². The Hall–Kier alpha value is -1.76. The summed E-state index contributed by atoms with van der Waals surface area (Å²) in [6.07, 6.45) is -2.16. The summed E-state index contributed by atoms with van der Waals surface area (Å²) >= 11 is 5.01. The molecule has 0 aliphatic rings. The number of aromatic nitrogens is 3. The summed E-state index contributed by atoms with van der Waals surface area (Å²) in [4.78, 5) is 10.8. The lowest BCUT2D eigenvalue weighted by Gasteiger charge is -2.13. The summed E-state index contributed by atoms with van der Waals surface area (Å²) in [5.74, 6) is 0.576. The van der Waals surface area contributed by atoms with Crippen molar-refractivity contribution < 1.29 is 13.2 Å². The molecule has 0 aromatic carbocycles. The molecular formula is C13H12F3N3S. The monoisotopic (exact) mass is 299 g/mol. The zero-order valence-corrected chi connectivity index (χ0v) is 11.6. The number of hydrogen-bond donors (Lipinski definition) is 1. The second-order valence-corrected chi connectivity index (χ2v) is 5.01. The zero-order valence-electron chi connectivity index (χ0n) is 10.8. The van der Waals surface area contributed by atoms with Crippen molar-refractivity contribution in [2.45, 2.75) is 25.9 Å². The number of hydrogen-bond acceptors (Lipinski definition) is 3. The minimum atomic E-state index is -4.45. The first-order valence-corrected chi connectivity index (χ1v) is 6.32. The predicted molar refractivity (Wildman–Crippen MR) is 71.7 cm³/mol. The van der Waals surface area contributed by atoms with Gasteiger partial charge < -0.3 is 4.98 Å². The van der Waals surface area contributed by atoms with Crippen LogP contribution in [0.2, 0.25) is 0 Å². The largest absolute Gasteiger partial charge is 0.417 e. The Bertz CT molecular complexity index is 677. The first-order chi connectivity index (χ1) is 9.29. The van der Waals surface area contributed by atoms with Crippen LogP contribution in [0.15, 0.2) is 24.5 Å². The highest BCUT2D eigenvalue weighted by Crippen LogP contribution is 2.35. The van der Waals surface area contributed by atoms with E-state index in [1.807, 2.05) is 13.8 Å². The van der Waals surface area contributed by atoms with Crippen LogP contribution in [0.5, 0.6) is 0 Å².